The van der Waals surface area contributed by atoms with Crippen LogP contribution >= 0.6 is 0 Å². The highest BCUT2D eigenvalue weighted by molar-refractivity contribution is 5.96. The molecular weight excluding hydrogens is 268 g/mol. The molecule has 1 saturated carbocycles. The molecule has 1 aliphatic rings. The summed E-state index contributed by atoms with van der Waals surface area (Å²) in [5.74, 6) is 0.520. The third-order valence-corrected chi connectivity index (χ3v) is 4.38. The number of benzene rings is 1. The smallest absolute Gasteiger partial charge is 0.231 e. The Bertz CT molecular complexity index is 494. The summed E-state index contributed by atoms with van der Waals surface area (Å²) in [6, 6.07) is 4.78. The molecule has 0 unspecified atom stereocenters. The third kappa shape index (κ3) is 3.47. The monoisotopic (exact) mass is 292 g/mol. The van der Waals surface area contributed by atoms with Gasteiger partial charge in [0.15, 0.2) is 0 Å². The highest BCUT2D eigenvalue weighted by Gasteiger charge is 2.37. The number of carbonyl (C=O) groups excluding carboxylic acids is 1. The summed E-state index contributed by atoms with van der Waals surface area (Å²) in [4.78, 5) is 12.7. The lowest BCUT2D eigenvalue weighted by Crippen LogP contribution is -2.42. The lowest BCUT2D eigenvalue weighted by Gasteiger charge is -2.30. The van der Waals surface area contributed by atoms with E-state index in [1.807, 2.05) is 0 Å². The van der Waals surface area contributed by atoms with E-state index in [-0.39, 0.29) is 11.7 Å². The number of methoxy groups -OCH3 is 1. The van der Waals surface area contributed by atoms with Crippen LogP contribution in [-0.4, -0.2) is 24.7 Å². The molecular formula is C16H24N2O3. The topological polar surface area (TPSA) is 84.6 Å². The molecule has 0 saturated heterocycles. The molecule has 1 amide bonds. The maximum Gasteiger partial charge on any atom is 0.231 e. The second-order valence-electron chi connectivity index (χ2n) is 5.74. The van der Waals surface area contributed by atoms with E-state index in [2.05, 4.69) is 5.32 Å². The van der Waals surface area contributed by atoms with Crippen molar-refractivity contribution in [2.24, 2.45) is 11.1 Å². The van der Waals surface area contributed by atoms with Gasteiger partial charge in [0.05, 0.1) is 18.2 Å². The van der Waals surface area contributed by atoms with Crippen LogP contribution in [0.25, 0.3) is 0 Å². The van der Waals surface area contributed by atoms with Crippen molar-refractivity contribution in [2.45, 2.75) is 38.5 Å². The molecule has 2 rings (SSSR count). The van der Waals surface area contributed by atoms with E-state index in [0.717, 1.165) is 38.5 Å². The number of ether oxygens (including phenoxy) is 1. The molecule has 5 nitrogen and oxygen atoms in total. The minimum Gasteiger partial charge on any atom is -0.506 e. The Morgan fingerprint density at radius 3 is 2.57 bits per heavy atom. The van der Waals surface area contributed by atoms with Crippen molar-refractivity contribution in [1.82, 2.24) is 0 Å². The number of hydrogen-bond acceptors (Lipinski definition) is 4. The van der Waals surface area contributed by atoms with Crippen molar-refractivity contribution in [3.05, 3.63) is 18.2 Å². The van der Waals surface area contributed by atoms with Crippen LogP contribution in [0.2, 0.25) is 0 Å². The highest BCUT2D eigenvalue weighted by atomic mass is 16.5. The molecule has 1 fully saturated rings. The molecule has 4 N–H and O–H groups in total. The average molecular weight is 292 g/mol. The average Bonchev–Trinajstić information content (AvgIpc) is 2.76. The number of nitrogens with two attached hydrogens (primary N) is 1. The SMILES string of the molecule is COc1ccc(O)c(NC(=O)C2(CN)CCCCCC2)c1. The van der Waals surface area contributed by atoms with Crippen molar-refractivity contribution >= 4 is 11.6 Å². The Hall–Kier alpha value is -1.75. The van der Waals surface area contributed by atoms with Gasteiger partial charge in [-0.1, -0.05) is 25.7 Å². The van der Waals surface area contributed by atoms with Gasteiger partial charge in [-0.2, -0.15) is 0 Å². The summed E-state index contributed by atoms with van der Waals surface area (Å²) in [6.07, 6.45) is 5.96. The largest absolute Gasteiger partial charge is 0.506 e. The number of carbonyl (C=O) groups is 1. The van der Waals surface area contributed by atoms with Crippen LogP contribution in [0.1, 0.15) is 38.5 Å². The van der Waals surface area contributed by atoms with E-state index in [9.17, 15) is 9.90 Å². The number of nitrogens with one attached hydrogen (secondary N) is 1. The number of anilines is 1. The van der Waals surface area contributed by atoms with E-state index >= 15 is 0 Å². The zero-order chi connectivity index (χ0) is 15.3. The van der Waals surface area contributed by atoms with Crippen LogP contribution in [0.4, 0.5) is 5.69 Å². The van der Waals surface area contributed by atoms with E-state index < -0.39 is 5.41 Å². The second-order valence-corrected chi connectivity index (χ2v) is 5.74. The summed E-state index contributed by atoms with van der Waals surface area (Å²) < 4.78 is 5.12. The molecule has 0 aromatic heterocycles. The second kappa shape index (κ2) is 6.80. The summed E-state index contributed by atoms with van der Waals surface area (Å²) >= 11 is 0. The summed E-state index contributed by atoms with van der Waals surface area (Å²) in [5, 5.41) is 12.7. The Labute approximate surface area is 125 Å². The van der Waals surface area contributed by atoms with Crippen LogP contribution in [0.5, 0.6) is 11.5 Å². The van der Waals surface area contributed by atoms with Gasteiger partial charge in [-0.15, -0.1) is 0 Å². The standard InChI is InChI=1S/C16H24N2O3/c1-21-12-6-7-14(19)13(10-12)18-15(20)16(11-17)8-4-2-3-5-9-16/h6-7,10,19H,2-5,8-9,11,17H2,1H3,(H,18,20). The fourth-order valence-electron chi connectivity index (χ4n) is 2.93. The van der Waals surface area contributed by atoms with Crippen LogP contribution in [0, 0.1) is 5.41 Å². The van der Waals surface area contributed by atoms with Crippen molar-refractivity contribution in [1.29, 1.82) is 0 Å². The van der Waals surface area contributed by atoms with Gasteiger partial charge in [-0.3, -0.25) is 4.79 Å². The Morgan fingerprint density at radius 2 is 2.00 bits per heavy atom. The van der Waals surface area contributed by atoms with Crippen LogP contribution in [0.3, 0.4) is 0 Å². The molecule has 0 aliphatic heterocycles. The first-order valence-electron chi connectivity index (χ1n) is 7.50. The Balaban J connectivity index is 2.19. The zero-order valence-corrected chi connectivity index (χ0v) is 12.5. The van der Waals surface area contributed by atoms with Crippen molar-refractivity contribution in [3.8, 4) is 11.5 Å². The summed E-state index contributed by atoms with van der Waals surface area (Å²) in [5.41, 5.74) is 5.76. The molecule has 0 bridgehead atoms. The van der Waals surface area contributed by atoms with Crippen molar-refractivity contribution < 1.29 is 14.6 Å². The highest BCUT2D eigenvalue weighted by Crippen LogP contribution is 2.37. The lowest BCUT2D eigenvalue weighted by atomic mass is 9.79. The van der Waals surface area contributed by atoms with E-state index in [4.69, 9.17) is 10.5 Å². The van der Waals surface area contributed by atoms with Crippen LogP contribution in [0.15, 0.2) is 18.2 Å². The molecule has 0 heterocycles. The van der Waals surface area contributed by atoms with Gasteiger partial charge in [0.25, 0.3) is 0 Å². The van der Waals surface area contributed by atoms with Gasteiger partial charge in [-0.05, 0) is 25.0 Å². The van der Waals surface area contributed by atoms with Gasteiger partial charge >= 0.3 is 0 Å². The van der Waals surface area contributed by atoms with Crippen molar-refractivity contribution in [3.63, 3.8) is 0 Å². The molecule has 5 heteroatoms. The number of amides is 1. The lowest BCUT2D eigenvalue weighted by molar-refractivity contribution is -0.125. The van der Waals surface area contributed by atoms with Gasteiger partial charge in [-0.25, -0.2) is 0 Å². The first-order chi connectivity index (χ1) is 10.1. The maximum atomic E-state index is 12.7. The molecule has 1 aromatic carbocycles. The number of rotatable bonds is 4. The third-order valence-electron chi connectivity index (χ3n) is 4.38. The minimum absolute atomic E-state index is 0.0324. The predicted molar refractivity (Wildman–Crippen MR) is 82.5 cm³/mol. The Morgan fingerprint density at radius 1 is 1.33 bits per heavy atom. The fourth-order valence-corrected chi connectivity index (χ4v) is 2.93. The van der Waals surface area contributed by atoms with Crippen molar-refractivity contribution in [2.75, 3.05) is 19.0 Å². The Kier molecular flexibility index (Phi) is 5.07. The van der Waals surface area contributed by atoms with E-state index in [1.165, 1.54) is 6.07 Å². The molecule has 0 spiro atoms. The molecule has 116 valence electrons. The normalized spacial score (nSPS) is 17.8. The summed E-state index contributed by atoms with van der Waals surface area (Å²) in [6.45, 7) is 0.337. The first kappa shape index (κ1) is 15.6. The number of aromatic hydroxyl groups is 1. The van der Waals surface area contributed by atoms with Gasteiger partial charge < -0.3 is 20.9 Å². The summed E-state index contributed by atoms with van der Waals surface area (Å²) in [7, 11) is 1.55. The number of phenols is 1. The number of hydrogen-bond donors (Lipinski definition) is 3. The van der Waals surface area contributed by atoms with Crippen LogP contribution < -0.4 is 15.8 Å². The molecule has 0 radical (unpaired) electrons. The van der Waals surface area contributed by atoms with Gasteiger partial charge in [0, 0.05) is 12.6 Å². The minimum atomic E-state index is -0.522. The van der Waals surface area contributed by atoms with Crippen LogP contribution in [-0.2, 0) is 4.79 Å². The fraction of sp³-hybridized carbons (Fsp3) is 0.562. The predicted octanol–water partition coefficient (Wildman–Crippen LogP) is 2.64. The molecule has 1 aliphatic carbocycles. The van der Waals surface area contributed by atoms with E-state index in [1.54, 1.807) is 19.2 Å². The van der Waals surface area contributed by atoms with Gasteiger partial charge in [0.2, 0.25) is 5.91 Å². The molecule has 21 heavy (non-hydrogen) atoms. The zero-order valence-electron chi connectivity index (χ0n) is 12.5. The van der Waals surface area contributed by atoms with Gasteiger partial charge in [0.1, 0.15) is 11.5 Å². The molecule has 1 aromatic rings. The number of phenolic OH excluding ortho intramolecular Hbond substituents is 1. The van der Waals surface area contributed by atoms with E-state index in [0.29, 0.717) is 18.0 Å². The first-order valence-corrected chi connectivity index (χ1v) is 7.50. The maximum absolute atomic E-state index is 12.7. The quantitative estimate of drug-likeness (QED) is 0.588. The molecule has 0 atom stereocenters.